The summed E-state index contributed by atoms with van der Waals surface area (Å²) in [5.41, 5.74) is -0.333. The zero-order valence-corrected chi connectivity index (χ0v) is 13.8. The molecule has 0 aromatic heterocycles. The molecule has 0 aliphatic rings. The van der Waals surface area contributed by atoms with Crippen LogP contribution in [0.3, 0.4) is 0 Å². The fourth-order valence-corrected chi connectivity index (χ4v) is 1.80. The average Bonchev–Trinajstić information content (AvgIpc) is 2.55. The van der Waals surface area contributed by atoms with Gasteiger partial charge < -0.3 is 19.7 Å². The Morgan fingerprint density at radius 1 is 0.875 bits per heavy atom. The Morgan fingerprint density at radius 3 is 1.54 bits per heavy atom. The Bertz CT molecular complexity index is 575. The van der Waals surface area contributed by atoms with E-state index in [1.807, 2.05) is 13.8 Å². The van der Waals surface area contributed by atoms with Crippen LogP contribution in [0.15, 0.2) is 36.8 Å². The van der Waals surface area contributed by atoms with Crippen molar-refractivity contribution in [2.75, 3.05) is 0 Å². The van der Waals surface area contributed by atoms with Crippen LogP contribution in [0.2, 0.25) is 0 Å². The minimum Gasteiger partial charge on any atom is -0.478 e. The maximum absolute atomic E-state index is 11.4. The van der Waals surface area contributed by atoms with Crippen molar-refractivity contribution >= 4 is 11.9 Å². The second kappa shape index (κ2) is 10.1. The molecule has 0 saturated carbocycles. The van der Waals surface area contributed by atoms with Gasteiger partial charge in [-0.2, -0.15) is 0 Å². The number of hydrogen-bond acceptors (Lipinski definition) is 4. The fraction of sp³-hybridized carbons (Fsp3) is 0.333. The molecular formula is C18H22O6. The van der Waals surface area contributed by atoms with Crippen LogP contribution in [-0.2, 0) is 0 Å². The summed E-state index contributed by atoms with van der Waals surface area (Å²) in [6.07, 6.45) is 9.59. The van der Waals surface area contributed by atoms with Crippen molar-refractivity contribution in [2.24, 2.45) is 0 Å². The summed E-state index contributed by atoms with van der Waals surface area (Å²) in [6, 6.07) is 2.32. The van der Waals surface area contributed by atoms with Crippen LogP contribution < -0.4 is 9.47 Å². The maximum atomic E-state index is 11.4. The third-order valence-electron chi connectivity index (χ3n) is 3.04. The molecule has 0 heterocycles. The number of aromatic carboxylic acids is 2. The number of rotatable bonds is 10. The molecular weight excluding hydrogens is 312 g/mol. The molecule has 0 bridgehead atoms. The van der Waals surface area contributed by atoms with Crippen LogP contribution in [0.4, 0.5) is 0 Å². The first-order chi connectivity index (χ1) is 11.5. The second-order valence-electron chi connectivity index (χ2n) is 5.01. The lowest BCUT2D eigenvalue weighted by Crippen LogP contribution is -2.06. The standard InChI is InChI=1S/C18H22O6/c1-3-5-7-9-23-15-11-14(18(21)22)16(12-13(15)17(19)20)24-10-8-6-4-2/h7-12H,3-6H2,1-2H3,(H,19,20)(H,21,22). The van der Waals surface area contributed by atoms with Gasteiger partial charge in [0.15, 0.2) is 0 Å². The second-order valence-corrected chi connectivity index (χ2v) is 5.01. The Kier molecular flexibility index (Phi) is 8.11. The number of allylic oxidation sites excluding steroid dienone is 2. The van der Waals surface area contributed by atoms with Gasteiger partial charge in [-0.05, 0) is 37.1 Å². The highest BCUT2D eigenvalue weighted by Crippen LogP contribution is 2.30. The quantitative estimate of drug-likeness (QED) is 0.613. The van der Waals surface area contributed by atoms with Gasteiger partial charge in [0, 0.05) is 0 Å². The monoisotopic (exact) mass is 334 g/mol. The summed E-state index contributed by atoms with van der Waals surface area (Å²) >= 11 is 0. The van der Waals surface area contributed by atoms with Crippen LogP contribution in [0, 0.1) is 0 Å². The van der Waals surface area contributed by atoms with Crippen molar-refractivity contribution in [1.82, 2.24) is 0 Å². The highest BCUT2D eigenvalue weighted by molar-refractivity contribution is 5.97. The van der Waals surface area contributed by atoms with Crippen molar-refractivity contribution in [3.63, 3.8) is 0 Å². The van der Waals surface area contributed by atoms with Gasteiger partial charge in [0.2, 0.25) is 0 Å². The molecule has 6 heteroatoms. The number of carboxylic acids is 2. The van der Waals surface area contributed by atoms with E-state index < -0.39 is 11.9 Å². The lowest BCUT2D eigenvalue weighted by atomic mass is 10.1. The summed E-state index contributed by atoms with van der Waals surface area (Å²) in [6.45, 7) is 3.99. The van der Waals surface area contributed by atoms with Gasteiger partial charge >= 0.3 is 11.9 Å². The van der Waals surface area contributed by atoms with E-state index in [-0.39, 0.29) is 22.6 Å². The fourth-order valence-electron chi connectivity index (χ4n) is 1.80. The predicted molar refractivity (Wildman–Crippen MR) is 89.7 cm³/mol. The summed E-state index contributed by atoms with van der Waals surface area (Å²) in [5, 5.41) is 18.6. The molecule has 1 aromatic rings. The predicted octanol–water partition coefficient (Wildman–Crippen LogP) is 4.47. The molecule has 0 unspecified atom stereocenters. The first kappa shape index (κ1) is 19.3. The average molecular weight is 334 g/mol. The molecule has 0 radical (unpaired) electrons. The number of unbranched alkanes of at least 4 members (excludes halogenated alkanes) is 2. The third kappa shape index (κ3) is 5.79. The van der Waals surface area contributed by atoms with E-state index in [4.69, 9.17) is 9.47 Å². The topological polar surface area (TPSA) is 93.1 Å². The van der Waals surface area contributed by atoms with Crippen LogP contribution in [0.25, 0.3) is 0 Å². The van der Waals surface area contributed by atoms with Gasteiger partial charge in [-0.15, -0.1) is 0 Å². The van der Waals surface area contributed by atoms with Gasteiger partial charge in [-0.1, -0.05) is 26.7 Å². The van der Waals surface area contributed by atoms with Gasteiger partial charge in [0.25, 0.3) is 0 Å². The van der Waals surface area contributed by atoms with E-state index in [9.17, 15) is 19.8 Å². The smallest absolute Gasteiger partial charge is 0.339 e. The van der Waals surface area contributed by atoms with E-state index in [1.54, 1.807) is 12.2 Å². The largest absolute Gasteiger partial charge is 0.478 e. The molecule has 0 aliphatic carbocycles. The van der Waals surface area contributed by atoms with Gasteiger partial charge in [-0.25, -0.2) is 9.59 Å². The van der Waals surface area contributed by atoms with Crippen LogP contribution >= 0.6 is 0 Å². The van der Waals surface area contributed by atoms with E-state index >= 15 is 0 Å². The first-order valence-electron chi connectivity index (χ1n) is 7.79. The zero-order valence-electron chi connectivity index (χ0n) is 13.8. The minimum atomic E-state index is -1.23. The third-order valence-corrected chi connectivity index (χ3v) is 3.04. The summed E-state index contributed by atoms with van der Waals surface area (Å²) in [5.74, 6) is -2.55. The molecule has 0 aliphatic heterocycles. The van der Waals surface area contributed by atoms with Gasteiger partial charge in [0.1, 0.15) is 22.6 Å². The number of carbonyl (C=O) groups is 2. The minimum absolute atomic E-state index is 0.0443. The SMILES string of the molecule is CCCC=COc1cc(C(=O)O)c(OC=CCCC)cc1C(=O)O. The molecule has 24 heavy (non-hydrogen) atoms. The van der Waals surface area contributed by atoms with Crippen molar-refractivity contribution in [3.05, 3.63) is 47.9 Å². The summed E-state index contributed by atoms with van der Waals surface area (Å²) < 4.78 is 10.6. The molecule has 6 nitrogen and oxygen atoms in total. The molecule has 0 amide bonds. The van der Waals surface area contributed by atoms with Crippen LogP contribution in [0.5, 0.6) is 11.5 Å². The number of carboxylic acid groups (broad SMARTS) is 2. The highest BCUT2D eigenvalue weighted by Gasteiger charge is 2.20. The Hall–Kier alpha value is -2.76. The van der Waals surface area contributed by atoms with Crippen LogP contribution in [0.1, 0.15) is 60.2 Å². The zero-order chi connectivity index (χ0) is 17.9. The molecule has 0 spiro atoms. The van der Waals surface area contributed by atoms with Gasteiger partial charge in [-0.3, -0.25) is 0 Å². The van der Waals surface area contributed by atoms with Crippen molar-refractivity contribution in [3.8, 4) is 11.5 Å². The molecule has 130 valence electrons. The van der Waals surface area contributed by atoms with Crippen molar-refractivity contribution < 1.29 is 29.3 Å². The maximum Gasteiger partial charge on any atom is 0.339 e. The number of ether oxygens (including phenoxy) is 2. The summed E-state index contributed by atoms with van der Waals surface area (Å²) in [7, 11) is 0. The van der Waals surface area contributed by atoms with E-state index in [0.29, 0.717) is 0 Å². The Morgan fingerprint density at radius 2 is 1.25 bits per heavy atom. The van der Waals surface area contributed by atoms with E-state index in [1.165, 1.54) is 12.5 Å². The Labute approximate surface area is 141 Å². The van der Waals surface area contributed by atoms with Gasteiger partial charge in [0.05, 0.1) is 12.5 Å². The lowest BCUT2D eigenvalue weighted by molar-refractivity contribution is 0.0676. The number of benzene rings is 1. The molecule has 0 saturated heterocycles. The number of hydrogen-bond donors (Lipinski definition) is 2. The first-order valence-corrected chi connectivity index (χ1v) is 7.79. The highest BCUT2D eigenvalue weighted by atomic mass is 16.5. The van der Waals surface area contributed by atoms with Crippen LogP contribution in [-0.4, -0.2) is 22.2 Å². The normalized spacial score (nSPS) is 11.1. The molecule has 1 aromatic carbocycles. The lowest BCUT2D eigenvalue weighted by Gasteiger charge is -2.11. The van der Waals surface area contributed by atoms with E-state index in [2.05, 4.69) is 0 Å². The molecule has 2 N–H and O–H groups in total. The molecule has 0 fully saturated rings. The van der Waals surface area contributed by atoms with Crippen molar-refractivity contribution in [1.29, 1.82) is 0 Å². The molecule has 0 atom stereocenters. The van der Waals surface area contributed by atoms with Crippen molar-refractivity contribution in [2.45, 2.75) is 39.5 Å². The Balaban J connectivity index is 3.18. The molecule has 1 rings (SSSR count). The summed E-state index contributed by atoms with van der Waals surface area (Å²) in [4.78, 5) is 22.8. The van der Waals surface area contributed by atoms with E-state index in [0.717, 1.165) is 37.8 Å².